The normalized spacial score (nSPS) is 14.1. The van der Waals surface area contributed by atoms with Crippen molar-refractivity contribution in [3.63, 3.8) is 0 Å². The number of nitrogens with zero attached hydrogens (tertiary/aromatic N) is 3. The highest BCUT2D eigenvalue weighted by atomic mass is 32.2. The van der Waals surface area contributed by atoms with Gasteiger partial charge in [0.15, 0.2) is 0 Å². The summed E-state index contributed by atoms with van der Waals surface area (Å²) in [5.41, 5.74) is 2.47. The minimum atomic E-state index is -0.160. The van der Waals surface area contributed by atoms with Gasteiger partial charge in [-0.1, -0.05) is 31.4 Å². The highest BCUT2D eigenvalue weighted by Crippen LogP contribution is 2.26. The van der Waals surface area contributed by atoms with Crippen LogP contribution in [0.25, 0.3) is 11.3 Å². The summed E-state index contributed by atoms with van der Waals surface area (Å²) in [6.45, 7) is 0.358. The Morgan fingerprint density at radius 3 is 2.67 bits per heavy atom. The molecule has 0 saturated heterocycles. The second-order valence-electron chi connectivity index (χ2n) is 8.13. The largest absolute Gasteiger partial charge is 0.345 e. The third-order valence-corrected chi connectivity index (χ3v) is 7.83. The average Bonchev–Trinajstić information content (AvgIpc) is 3.36. The predicted molar refractivity (Wildman–Crippen MR) is 133 cm³/mol. The predicted octanol–water partition coefficient (Wildman–Crippen LogP) is 5.02. The fourth-order valence-electron chi connectivity index (χ4n) is 3.99. The number of amides is 2. The molecule has 3 aromatic rings. The molecule has 33 heavy (non-hydrogen) atoms. The minimum absolute atomic E-state index is 0.119. The molecular formula is C25H28N4O2S2. The van der Waals surface area contributed by atoms with Crippen LogP contribution in [0, 0.1) is 0 Å². The Labute approximate surface area is 202 Å². The molecule has 172 valence electrons. The Kier molecular flexibility index (Phi) is 8.12. The maximum absolute atomic E-state index is 12.9. The molecule has 0 aliphatic heterocycles. The lowest BCUT2D eigenvalue weighted by molar-refractivity contribution is -0.129. The molecule has 1 aromatic carbocycles. The van der Waals surface area contributed by atoms with Gasteiger partial charge in [-0.15, -0.1) is 23.1 Å². The third kappa shape index (κ3) is 6.21. The topological polar surface area (TPSA) is 75.2 Å². The molecule has 1 N–H and O–H groups in total. The lowest BCUT2D eigenvalue weighted by Gasteiger charge is -2.31. The Balaban J connectivity index is 1.33. The van der Waals surface area contributed by atoms with Gasteiger partial charge in [-0.05, 0) is 37.1 Å². The van der Waals surface area contributed by atoms with Gasteiger partial charge in [0.2, 0.25) is 5.91 Å². The lowest BCUT2D eigenvalue weighted by Crippen LogP contribution is -2.39. The van der Waals surface area contributed by atoms with Crippen LogP contribution in [0.1, 0.15) is 47.5 Å². The fraction of sp³-hybridized carbons (Fsp3) is 0.360. The number of thioether (sulfide) groups is 1. The molecule has 8 heteroatoms. The Bertz CT molecular complexity index is 1080. The van der Waals surface area contributed by atoms with E-state index in [9.17, 15) is 9.59 Å². The molecule has 0 unspecified atom stereocenters. The van der Waals surface area contributed by atoms with Gasteiger partial charge in [-0.2, -0.15) is 0 Å². The van der Waals surface area contributed by atoms with E-state index in [2.05, 4.69) is 15.3 Å². The molecule has 1 aliphatic rings. The molecule has 0 spiro atoms. The van der Waals surface area contributed by atoms with E-state index in [-0.39, 0.29) is 11.8 Å². The summed E-state index contributed by atoms with van der Waals surface area (Å²) in [4.78, 5) is 37.0. The van der Waals surface area contributed by atoms with Crippen LogP contribution in [-0.4, -0.2) is 45.5 Å². The number of nitrogens with one attached hydrogen (secondary N) is 1. The smallest absolute Gasteiger partial charge is 0.252 e. The van der Waals surface area contributed by atoms with Crippen LogP contribution in [-0.2, 0) is 11.3 Å². The summed E-state index contributed by atoms with van der Waals surface area (Å²) in [5.74, 6) is 0.291. The zero-order valence-electron chi connectivity index (χ0n) is 18.7. The monoisotopic (exact) mass is 480 g/mol. The van der Waals surface area contributed by atoms with Crippen molar-refractivity contribution in [2.24, 2.45) is 0 Å². The minimum Gasteiger partial charge on any atom is -0.345 e. The Hall–Kier alpha value is -2.71. The first-order valence-corrected chi connectivity index (χ1v) is 13.1. The van der Waals surface area contributed by atoms with E-state index in [1.54, 1.807) is 18.5 Å². The third-order valence-electron chi connectivity index (χ3n) is 5.93. The molecule has 2 amide bonds. The number of rotatable bonds is 8. The first-order valence-electron chi connectivity index (χ1n) is 11.2. The van der Waals surface area contributed by atoms with Gasteiger partial charge < -0.3 is 10.2 Å². The lowest BCUT2D eigenvalue weighted by atomic mass is 9.94. The standard InChI is InChI=1S/C25H28N4O2S2/c1-29(19-7-3-2-4-8-19)24(30)17-32-22-10-6-5-9-20(22)25(31)27-15-23-28-21(16-33-23)18-11-13-26-14-12-18/h5-6,9-14,16,19H,2-4,7-8,15,17H2,1H3,(H,27,31). The Morgan fingerprint density at radius 2 is 1.88 bits per heavy atom. The van der Waals surface area contributed by atoms with Crippen LogP contribution in [0.3, 0.4) is 0 Å². The molecule has 1 aliphatic carbocycles. The van der Waals surface area contributed by atoms with Gasteiger partial charge in [-0.3, -0.25) is 14.6 Å². The molecule has 0 radical (unpaired) electrons. The number of carbonyl (C=O) groups is 2. The van der Waals surface area contributed by atoms with Gasteiger partial charge in [0.25, 0.3) is 5.91 Å². The summed E-state index contributed by atoms with van der Waals surface area (Å²) in [6.07, 6.45) is 9.31. The SMILES string of the molecule is CN(C(=O)CSc1ccccc1C(=O)NCc1nc(-c2ccncc2)cs1)C1CCCCC1. The molecular weight excluding hydrogens is 452 g/mol. The van der Waals surface area contributed by atoms with Gasteiger partial charge in [0.1, 0.15) is 5.01 Å². The highest BCUT2D eigenvalue weighted by molar-refractivity contribution is 8.00. The van der Waals surface area contributed by atoms with Crippen molar-refractivity contribution in [1.29, 1.82) is 0 Å². The number of hydrogen-bond acceptors (Lipinski definition) is 6. The second kappa shape index (κ2) is 11.4. The van der Waals surface area contributed by atoms with Crippen LogP contribution < -0.4 is 5.32 Å². The van der Waals surface area contributed by atoms with E-state index in [1.165, 1.54) is 42.4 Å². The second-order valence-corrected chi connectivity index (χ2v) is 10.1. The average molecular weight is 481 g/mol. The van der Waals surface area contributed by atoms with Crippen molar-refractivity contribution in [2.75, 3.05) is 12.8 Å². The van der Waals surface area contributed by atoms with Crippen molar-refractivity contribution >= 4 is 34.9 Å². The summed E-state index contributed by atoms with van der Waals surface area (Å²) >= 11 is 2.94. The van der Waals surface area contributed by atoms with Crippen molar-refractivity contribution < 1.29 is 9.59 Å². The van der Waals surface area contributed by atoms with Crippen molar-refractivity contribution in [3.05, 3.63) is 64.7 Å². The highest BCUT2D eigenvalue weighted by Gasteiger charge is 2.22. The van der Waals surface area contributed by atoms with E-state index in [4.69, 9.17) is 0 Å². The van der Waals surface area contributed by atoms with Crippen molar-refractivity contribution in [3.8, 4) is 11.3 Å². The molecule has 0 atom stereocenters. The Morgan fingerprint density at radius 1 is 1.12 bits per heavy atom. The van der Waals surface area contributed by atoms with Crippen LogP contribution >= 0.6 is 23.1 Å². The number of benzene rings is 1. The van der Waals surface area contributed by atoms with Crippen molar-refractivity contribution in [1.82, 2.24) is 20.2 Å². The molecule has 4 rings (SSSR count). The van der Waals surface area contributed by atoms with Gasteiger partial charge in [0.05, 0.1) is 23.6 Å². The molecule has 6 nitrogen and oxygen atoms in total. The quantitative estimate of drug-likeness (QED) is 0.458. The van der Waals surface area contributed by atoms with E-state index in [0.29, 0.717) is 23.9 Å². The van der Waals surface area contributed by atoms with Crippen LogP contribution in [0.2, 0.25) is 0 Å². The number of carbonyl (C=O) groups excluding carboxylic acids is 2. The van der Waals surface area contributed by atoms with E-state index >= 15 is 0 Å². The molecule has 1 saturated carbocycles. The summed E-state index contributed by atoms with van der Waals surface area (Å²) < 4.78 is 0. The maximum atomic E-state index is 12.9. The maximum Gasteiger partial charge on any atom is 0.252 e. The number of hydrogen-bond donors (Lipinski definition) is 1. The zero-order valence-corrected chi connectivity index (χ0v) is 20.3. The molecule has 2 heterocycles. The van der Waals surface area contributed by atoms with Crippen LogP contribution in [0.15, 0.2) is 59.1 Å². The number of aromatic nitrogens is 2. The molecule has 0 bridgehead atoms. The first-order chi connectivity index (χ1) is 16.1. The van der Waals surface area contributed by atoms with E-state index in [0.717, 1.165) is 34.0 Å². The summed E-state index contributed by atoms with van der Waals surface area (Å²) in [5, 5.41) is 5.79. The van der Waals surface area contributed by atoms with E-state index in [1.807, 2.05) is 47.7 Å². The first kappa shape index (κ1) is 23.4. The van der Waals surface area contributed by atoms with E-state index < -0.39 is 0 Å². The van der Waals surface area contributed by atoms with Gasteiger partial charge in [0, 0.05) is 41.3 Å². The van der Waals surface area contributed by atoms with Crippen LogP contribution in [0.4, 0.5) is 0 Å². The zero-order chi connectivity index (χ0) is 23.0. The van der Waals surface area contributed by atoms with Crippen molar-refractivity contribution in [2.45, 2.75) is 49.6 Å². The molecule has 1 fully saturated rings. The fourth-order valence-corrected chi connectivity index (χ4v) is 5.71. The van der Waals surface area contributed by atoms with Gasteiger partial charge in [-0.25, -0.2) is 4.98 Å². The van der Waals surface area contributed by atoms with Crippen LogP contribution in [0.5, 0.6) is 0 Å². The molecule has 2 aromatic heterocycles. The summed E-state index contributed by atoms with van der Waals surface area (Å²) in [7, 11) is 1.91. The van der Waals surface area contributed by atoms with Gasteiger partial charge >= 0.3 is 0 Å². The number of thiazole rings is 1. The number of pyridine rings is 1. The summed E-state index contributed by atoms with van der Waals surface area (Å²) in [6, 6.07) is 11.6.